The highest BCUT2D eigenvalue weighted by molar-refractivity contribution is 5.71. The summed E-state index contributed by atoms with van der Waals surface area (Å²) in [5, 5.41) is 0. The molecule has 0 saturated heterocycles. The summed E-state index contributed by atoms with van der Waals surface area (Å²) in [6.45, 7) is 4.67. The van der Waals surface area contributed by atoms with Crippen LogP contribution in [0.15, 0.2) is 54.6 Å². The maximum Gasteiger partial charge on any atom is -0.0162 e. The molecule has 1 fully saturated rings. The van der Waals surface area contributed by atoms with E-state index in [0.29, 0.717) is 0 Å². The second-order valence-electron chi connectivity index (χ2n) is 11.8. The zero-order valence-electron chi connectivity index (χ0n) is 22.7. The molecular formula is C35H50. The number of hydrogen-bond donors (Lipinski definition) is 0. The van der Waals surface area contributed by atoms with E-state index in [9.17, 15) is 0 Å². The first kappa shape index (κ1) is 26.2. The van der Waals surface area contributed by atoms with Gasteiger partial charge in [0.2, 0.25) is 0 Å². The van der Waals surface area contributed by atoms with E-state index in [-0.39, 0.29) is 0 Å². The first-order valence-electron chi connectivity index (χ1n) is 15.1. The van der Waals surface area contributed by atoms with Crippen molar-refractivity contribution in [2.24, 2.45) is 11.8 Å². The van der Waals surface area contributed by atoms with E-state index in [4.69, 9.17) is 0 Å². The van der Waals surface area contributed by atoms with Crippen LogP contribution in [0.5, 0.6) is 0 Å². The van der Waals surface area contributed by atoms with Crippen LogP contribution >= 0.6 is 0 Å². The molecule has 0 heteroatoms. The molecule has 0 nitrogen and oxygen atoms in total. The van der Waals surface area contributed by atoms with E-state index in [1.807, 2.05) is 0 Å². The molecule has 0 spiro atoms. The average Bonchev–Trinajstić information content (AvgIpc) is 2.91. The number of allylic oxidation sites excluding steroid dienone is 2. The Morgan fingerprint density at radius 1 is 0.629 bits per heavy atom. The summed E-state index contributed by atoms with van der Waals surface area (Å²) in [6, 6.07) is 18.9. The topological polar surface area (TPSA) is 0 Å². The lowest BCUT2D eigenvalue weighted by atomic mass is 9.77. The highest BCUT2D eigenvalue weighted by Crippen LogP contribution is 2.38. The highest BCUT2D eigenvalue weighted by atomic mass is 14.3. The largest absolute Gasteiger partial charge is 0.0805 e. The number of hydrogen-bond acceptors (Lipinski definition) is 0. The smallest absolute Gasteiger partial charge is 0.0162 e. The van der Waals surface area contributed by atoms with Gasteiger partial charge in [0.1, 0.15) is 0 Å². The van der Waals surface area contributed by atoms with Crippen molar-refractivity contribution >= 4 is 5.57 Å². The molecule has 1 saturated carbocycles. The Bertz CT molecular complexity index is 877. The van der Waals surface area contributed by atoms with Crippen molar-refractivity contribution in [3.8, 4) is 11.1 Å². The van der Waals surface area contributed by atoms with Crippen LogP contribution in [0.2, 0.25) is 0 Å². The molecule has 1 atom stereocenters. The summed E-state index contributed by atoms with van der Waals surface area (Å²) in [4.78, 5) is 0. The Kier molecular flexibility index (Phi) is 10.5. The quantitative estimate of drug-likeness (QED) is 0.270. The van der Waals surface area contributed by atoms with E-state index in [1.54, 1.807) is 11.1 Å². The SMILES string of the molecule is CCCCCCCCCCC1CCC(c2ccc(-c3ccc(C4=CCC(C)CC4)cc3)cc2)CC1. The van der Waals surface area contributed by atoms with Gasteiger partial charge in [-0.3, -0.25) is 0 Å². The van der Waals surface area contributed by atoms with E-state index < -0.39 is 0 Å². The van der Waals surface area contributed by atoms with Gasteiger partial charge >= 0.3 is 0 Å². The molecule has 35 heavy (non-hydrogen) atoms. The van der Waals surface area contributed by atoms with Crippen molar-refractivity contribution in [1.82, 2.24) is 0 Å². The molecule has 2 aromatic rings. The Morgan fingerprint density at radius 2 is 1.20 bits per heavy atom. The molecular weight excluding hydrogens is 420 g/mol. The van der Waals surface area contributed by atoms with Crippen LogP contribution in [0.4, 0.5) is 0 Å². The minimum atomic E-state index is 0.780. The van der Waals surface area contributed by atoms with Crippen LogP contribution in [0, 0.1) is 11.8 Å². The average molecular weight is 471 g/mol. The standard InChI is InChI=1S/C35H50/c1-3-4-5-6-7-8-9-10-11-29-14-18-31(19-15-29)33-22-26-35(27-23-33)34-24-20-32(21-25-34)30-16-12-28(2)13-17-30/h16,20-29,31H,3-15,17-19H2,1-2H3. The third-order valence-electron chi connectivity index (χ3n) is 8.96. The Labute approximate surface area is 216 Å². The van der Waals surface area contributed by atoms with Crippen LogP contribution in [0.25, 0.3) is 16.7 Å². The number of rotatable bonds is 12. The van der Waals surface area contributed by atoms with Gasteiger partial charge in [-0.1, -0.05) is 126 Å². The maximum atomic E-state index is 2.46. The summed E-state index contributed by atoms with van der Waals surface area (Å²) in [5.41, 5.74) is 7.23. The van der Waals surface area contributed by atoms with Gasteiger partial charge < -0.3 is 0 Å². The minimum absolute atomic E-state index is 0.780. The fourth-order valence-electron chi connectivity index (χ4n) is 6.40. The van der Waals surface area contributed by atoms with Crippen LogP contribution in [0.3, 0.4) is 0 Å². The molecule has 2 aliphatic carbocycles. The second kappa shape index (κ2) is 14.1. The van der Waals surface area contributed by atoms with Gasteiger partial charge in [0.05, 0.1) is 0 Å². The predicted octanol–water partition coefficient (Wildman–Crippen LogP) is 11.4. The van der Waals surface area contributed by atoms with Gasteiger partial charge in [0.25, 0.3) is 0 Å². The molecule has 0 bridgehead atoms. The zero-order valence-corrected chi connectivity index (χ0v) is 22.7. The molecule has 0 aliphatic heterocycles. The van der Waals surface area contributed by atoms with Gasteiger partial charge in [-0.05, 0) is 90.5 Å². The van der Waals surface area contributed by atoms with Crippen LogP contribution < -0.4 is 0 Å². The molecule has 1 unspecified atom stereocenters. The molecule has 2 aromatic carbocycles. The van der Waals surface area contributed by atoms with Crippen molar-refractivity contribution in [1.29, 1.82) is 0 Å². The van der Waals surface area contributed by atoms with Gasteiger partial charge in [-0.25, -0.2) is 0 Å². The Balaban J connectivity index is 1.18. The zero-order chi connectivity index (χ0) is 24.3. The Hall–Kier alpha value is -1.82. The first-order valence-corrected chi connectivity index (χ1v) is 15.1. The minimum Gasteiger partial charge on any atom is -0.0805 e. The normalized spacial score (nSPS) is 22.7. The number of unbranched alkanes of at least 4 members (excludes halogenated alkanes) is 7. The molecule has 4 rings (SSSR count). The monoisotopic (exact) mass is 470 g/mol. The van der Waals surface area contributed by atoms with E-state index in [2.05, 4.69) is 68.5 Å². The molecule has 190 valence electrons. The molecule has 0 heterocycles. The van der Waals surface area contributed by atoms with E-state index in [1.165, 1.54) is 119 Å². The molecule has 0 aromatic heterocycles. The van der Waals surface area contributed by atoms with E-state index in [0.717, 1.165) is 17.8 Å². The number of benzene rings is 2. The van der Waals surface area contributed by atoms with Gasteiger partial charge in [0, 0.05) is 0 Å². The van der Waals surface area contributed by atoms with Crippen LogP contribution in [0.1, 0.15) is 134 Å². The fourth-order valence-corrected chi connectivity index (χ4v) is 6.40. The van der Waals surface area contributed by atoms with Crippen LogP contribution in [-0.2, 0) is 0 Å². The van der Waals surface area contributed by atoms with Crippen LogP contribution in [-0.4, -0.2) is 0 Å². The first-order chi connectivity index (χ1) is 17.2. The highest BCUT2D eigenvalue weighted by Gasteiger charge is 2.22. The Morgan fingerprint density at radius 3 is 1.80 bits per heavy atom. The van der Waals surface area contributed by atoms with Crippen molar-refractivity contribution in [2.45, 2.75) is 122 Å². The van der Waals surface area contributed by atoms with Crippen molar-refractivity contribution in [3.05, 3.63) is 65.7 Å². The summed E-state index contributed by atoms with van der Waals surface area (Å²) >= 11 is 0. The summed E-state index contributed by atoms with van der Waals surface area (Å²) in [5.74, 6) is 2.62. The third-order valence-corrected chi connectivity index (χ3v) is 8.96. The second-order valence-corrected chi connectivity index (χ2v) is 11.8. The lowest BCUT2D eigenvalue weighted by molar-refractivity contribution is 0.302. The third kappa shape index (κ3) is 8.09. The molecule has 0 N–H and O–H groups in total. The van der Waals surface area contributed by atoms with Gasteiger partial charge in [-0.2, -0.15) is 0 Å². The summed E-state index contributed by atoms with van der Waals surface area (Å²) < 4.78 is 0. The van der Waals surface area contributed by atoms with Crippen molar-refractivity contribution in [2.75, 3.05) is 0 Å². The van der Waals surface area contributed by atoms with Gasteiger partial charge in [0.15, 0.2) is 0 Å². The molecule has 0 radical (unpaired) electrons. The van der Waals surface area contributed by atoms with Crippen molar-refractivity contribution < 1.29 is 0 Å². The lowest BCUT2D eigenvalue weighted by Crippen LogP contribution is -2.13. The maximum absolute atomic E-state index is 2.46. The summed E-state index contributed by atoms with van der Waals surface area (Å²) in [6.07, 6.45) is 25.0. The summed E-state index contributed by atoms with van der Waals surface area (Å²) in [7, 11) is 0. The van der Waals surface area contributed by atoms with Gasteiger partial charge in [-0.15, -0.1) is 0 Å². The molecule has 2 aliphatic rings. The molecule has 0 amide bonds. The van der Waals surface area contributed by atoms with Crippen molar-refractivity contribution in [3.63, 3.8) is 0 Å². The lowest BCUT2D eigenvalue weighted by Gasteiger charge is -2.29. The fraction of sp³-hybridized carbons (Fsp3) is 0.600. The predicted molar refractivity (Wildman–Crippen MR) is 155 cm³/mol. The van der Waals surface area contributed by atoms with E-state index >= 15 is 0 Å².